The van der Waals surface area contributed by atoms with E-state index in [2.05, 4.69) is 20.6 Å². The van der Waals surface area contributed by atoms with Crippen LogP contribution in [0.1, 0.15) is 26.6 Å². The van der Waals surface area contributed by atoms with Gasteiger partial charge in [0.15, 0.2) is 0 Å². The van der Waals surface area contributed by atoms with Crippen LogP contribution in [0, 0.1) is 13.8 Å². The molecule has 2 heterocycles. The molecule has 0 saturated carbocycles. The van der Waals surface area contributed by atoms with Crippen molar-refractivity contribution in [3.05, 3.63) is 57.5 Å². The second-order valence-electron chi connectivity index (χ2n) is 5.96. The molecule has 0 unspecified atom stereocenters. The molecule has 0 aliphatic heterocycles. The normalized spacial score (nSPS) is 10.7. The summed E-state index contributed by atoms with van der Waals surface area (Å²) in [6, 6.07) is 9.12. The van der Waals surface area contributed by atoms with Crippen LogP contribution in [0.15, 0.2) is 35.7 Å². The van der Waals surface area contributed by atoms with Crippen molar-refractivity contribution < 1.29 is 9.59 Å². The first-order chi connectivity index (χ1) is 12.5. The van der Waals surface area contributed by atoms with Gasteiger partial charge in [-0.3, -0.25) is 9.59 Å². The predicted octanol–water partition coefficient (Wildman–Crippen LogP) is 2.40. The van der Waals surface area contributed by atoms with Gasteiger partial charge in [0.2, 0.25) is 5.91 Å². The van der Waals surface area contributed by atoms with E-state index in [1.165, 1.54) is 0 Å². The van der Waals surface area contributed by atoms with Gasteiger partial charge in [-0.25, -0.2) is 9.97 Å². The van der Waals surface area contributed by atoms with Gasteiger partial charge in [-0.05, 0) is 43.5 Å². The smallest absolute Gasteiger partial charge is 0.251 e. The molecule has 0 radical (unpaired) electrons. The van der Waals surface area contributed by atoms with Gasteiger partial charge in [0.1, 0.15) is 0 Å². The molecule has 0 aliphatic rings. The first kappa shape index (κ1) is 18.0. The van der Waals surface area contributed by atoms with Crippen LogP contribution in [-0.4, -0.2) is 34.9 Å². The molecule has 3 rings (SSSR count). The number of nitrogens with one attached hydrogen (secondary N) is 2. The first-order valence-electron chi connectivity index (χ1n) is 8.35. The number of aromatic nitrogens is 2. The summed E-state index contributed by atoms with van der Waals surface area (Å²) in [7, 11) is 0. The van der Waals surface area contributed by atoms with E-state index in [-0.39, 0.29) is 11.8 Å². The molecule has 0 fully saturated rings. The minimum Gasteiger partial charge on any atom is -0.354 e. The third-order valence-electron chi connectivity index (χ3n) is 3.99. The standard InChI is InChI=1S/C19H20N4O2S/c1-12-13(2)23-17-10-14(5-6-16(17)22-12)19(25)21-8-7-20-18(24)11-15-4-3-9-26-15/h3-6,9-10H,7-8,11H2,1-2H3,(H,20,24)(H,21,25). The molecule has 2 N–H and O–H groups in total. The summed E-state index contributed by atoms with van der Waals surface area (Å²) in [6.45, 7) is 4.57. The van der Waals surface area contributed by atoms with Gasteiger partial charge < -0.3 is 10.6 Å². The number of hydrogen-bond acceptors (Lipinski definition) is 5. The number of rotatable bonds is 6. The Morgan fingerprint density at radius 2 is 1.73 bits per heavy atom. The number of amides is 2. The SMILES string of the molecule is Cc1nc2ccc(C(=O)NCCNC(=O)Cc3cccs3)cc2nc1C. The molecule has 3 aromatic rings. The molecular formula is C19H20N4O2S. The Morgan fingerprint density at radius 1 is 1.00 bits per heavy atom. The molecular weight excluding hydrogens is 348 g/mol. The summed E-state index contributed by atoms with van der Waals surface area (Å²) < 4.78 is 0. The Bertz CT molecular complexity index is 938. The number of thiophene rings is 1. The lowest BCUT2D eigenvalue weighted by Gasteiger charge is -2.08. The van der Waals surface area contributed by atoms with Crippen molar-refractivity contribution in [2.75, 3.05) is 13.1 Å². The minimum absolute atomic E-state index is 0.0477. The number of carbonyl (C=O) groups excluding carboxylic acids is 2. The second-order valence-corrected chi connectivity index (χ2v) is 6.99. The maximum Gasteiger partial charge on any atom is 0.251 e. The number of aryl methyl sites for hydroxylation is 2. The zero-order valence-corrected chi connectivity index (χ0v) is 15.5. The lowest BCUT2D eigenvalue weighted by molar-refractivity contribution is -0.120. The van der Waals surface area contributed by atoms with Crippen LogP contribution in [0.5, 0.6) is 0 Å². The average Bonchev–Trinajstić information content (AvgIpc) is 3.12. The number of hydrogen-bond donors (Lipinski definition) is 2. The molecule has 7 heteroatoms. The van der Waals surface area contributed by atoms with Crippen molar-refractivity contribution in [3.63, 3.8) is 0 Å². The van der Waals surface area contributed by atoms with Crippen LogP contribution in [0.3, 0.4) is 0 Å². The van der Waals surface area contributed by atoms with Crippen LogP contribution in [0.25, 0.3) is 11.0 Å². The molecule has 2 aromatic heterocycles. The summed E-state index contributed by atoms with van der Waals surface area (Å²) in [5.41, 5.74) is 3.73. The van der Waals surface area contributed by atoms with Gasteiger partial charge in [0.05, 0.1) is 28.8 Å². The van der Waals surface area contributed by atoms with Gasteiger partial charge in [-0.15, -0.1) is 11.3 Å². The quantitative estimate of drug-likeness (QED) is 0.655. The van der Waals surface area contributed by atoms with Gasteiger partial charge in [-0.1, -0.05) is 6.07 Å². The topological polar surface area (TPSA) is 84.0 Å². The molecule has 26 heavy (non-hydrogen) atoms. The van der Waals surface area contributed by atoms with Crippen LogP contribution in [-0.2, 0) is 11.2 Å². The third kappa shape index (κ3) is 4.43. The summed E-state index contributed by atoms with van der Waals surface area (Å²) in [4.78, 5) is 34.0. The van der Waals surface area contributed by atoms with Gasteiger partial charge in [0, 0.05) is 23.5 Å². The monoisotopic (exact) mass is 368 g/mol. The van der Waals surface area contributed by atoms with Crippen molar-refractivity contribution in [2.45, 2.75) is 20.3 Å². The van der Waals surface area contributed by atoms with Crippen LogP contribution in [0.4, 0.5) is 0 Å². The van der Waals surface area contributed by atoms with Crippen LogP contribution >= 0.6 is 11.3 Å². The van der Waals surface area contributed by atoms with Gasteiger partial charge in [0.25, 0.3) is 5.91 Å². The molecule has 6 nitrogen and oxygen atoms in total. The fourth-order valence-corrected chi connectivity index (χ4v) is 3.19. The molecule has 0 aliphatic carbocycles. The largest absolute Gasteiger partial charge is 0.354 e. The third-order valence-corrected chi connectivity index (χ3v) is 4.86. The second kappa shape index (κ2) is 8.05. The van der Waals surface area contributed by atoms with E-state index in [0.717, 1.165) is 21.8 Å². The lowest BCUT2D eigenvalue weighted by Crippen LogP contribution is -2.35. The maximum atomic E-state index is 12.3. The highest BCUT2D eigenvalue weighted by atomic mass is 32.1. The van der Waals surface area contributed by atoms with Gasteiger partial charge in [-0.2, -0.15) is 0 Å². The van der Waals surface area contributed by atoms with E-state index >= 15 is 0 Å². The summed E-state index contributed by atoms with van der Waals surface area (Å²) in [5, 5.41) is 7.55. The molecule has 0 saturated heterocycles. The zero-order valence-electron chi connectivity index (χ0n) is 14.7. The van der Waals surface area contributed by atoms with Crippen molar-refractivity contribution in [2.24, 2.45) is 0 Å². The summed E-state index contributed by atoms with van der Waals surface area (Å²) in [5.74, 6) is -0.243. The van der Waals surface area contributed by atoms with E-state index in [1.54, 1.807) is 29.5 Å². The average molecular weight is 368 g/mol. The molecule has 0 bridgehead atoms. The Balaban J connectivity index is 1.51. The molecule has 134 valence electrons. The van der Waals surface area contributed by atoms with Crippen molar-refractivity contribution >= 4 is 34.2 Å². The molecule has 0 atom stereocenters. The molecule has 2 amide bonds. The first-order valence-corrected chi connectivity index (χ1v) is 9.23. The Morgan fingerprint density at radius 3 is 2.46 bits per heavy atom. The highest BCUT2D eigenvalue weighted by molar-refractivity contribution is 7.10. The predicted molar refractivity (Wildman–Crippen MR) is 102 cm³/mol. The number of nitrogens with zero attached hydrogens (tertiary/aromatic N) is 2. The molecule has 0 spiro atoms. The number of carbonyl (C=O) groups is 2. The minimum atomic E-state index is -0.195. The Kier molecular flexibility index (Phi) is 5.58. The summed E-state index contributed by atoms with van der Waals surface area (Å²) in [6.07, 6.45) is 0.369. The maximum absolute atomic E-state index is 12.3. The van der Waals surface area contributed by atoms with Crippen LogP contribution in [0.2, 0.25) is 0 Å². The van der Waals surface area contributed by atoms with E-state index in [4.69, 9.17) is 0 Å². The fraction of sp³-hybridized carbons (Fsp3) is 0.263. The van der Waals surface area contributed by atoms with E-state index in [1.807, 2.05) is 31.4 Å². The Labute approximate surface area is 155 Å². The van der Waals surface area contributed by atoms with Crippen molar-refractivity contribution in [1.82, 2.24) is 20.6 Å². The fourth-order valence-electron chi connectivity index (χ4n) is 2.49. The Hall–Kier alpha value is -2.80. The van der Waals surface area contributed by atoms with Crippen LogP contribution < -0.4 is 10.6 Å². The highest BCUT2D eigenvalue weighted by Gasteiger charge is 2.09. The van der Waals surface area contributed by atoms with E-state index in [0.29, 0.717) is 30.6 Å². The van der Waals surface area contributed by atoms with E-state index in [9.17, 15) is 9.59 Å². The summed E-state index contributed by atoms with van der Waals surface area (Å²) >= 11 is 1.55. The van der Waals surface area contributed by atoms with Crippen molar-refractivity contribution in [1.29, 1.82) is 0 Å². The number of benzene rings is 1. The van der Waals surface area contributed by atoms with E-state index < -0.39 is 0 Å². The lowest BCUT2D eigenvalue weighted by atomic mass is 10.1. The zero-order chi connectivity index (χ0) is 18.5. The molecule has 1 aromatic carbocycles. The number of fused-ring (bicyclic) bond motifs is 1. The van der Waals surface area contributed by atoms with Gasteiger partial charge >= 0.3 is 0 Å². The van der Waals surface area contributed by atoms with Crippen molar-refractivity contribution in [3.8, 4) is 0 Å². The highest BCUT2D eigenvalue weighted by Crippen LogP contribution is 2.14.